The van der Waals surface area contributed by atoms with Crippen molar-refractivity contribution in [3.8, 4) is 16.9 Å². The van der Waals surface area contributed by atoms with Gasteiger partial charge in [0.25, 0.3) is 0 Å². The number of anilines is 1. The maximum absolute atomic E-state index is 5.30. The van der Waals surface area contributed by atoms with E-state index in [4.69, 9.17) is 9.84 Å². The fourth-order valence-electron chi connectivity index (χ4n) is 3.02. The fourth-order valence-corrected chi connectivity index (χ4v) is 3.02. The lowest BCUT2D eigenvalue weighted by molar-refractivity contribution is 0.414. The van der Waals surface area contributed by atoms with E-state index >= 15 is 0 Å². The molecule has 1 heterocycles. The van der Waals surface area contributed by atoms with Crippen molar-refractivity contribution in [2.45, 2.75) is 6.92 Å². The minimum atomic E-state index is 0. The summed E-state index contributed by atoms with van der Waals surface area (Å²) in [5, 5.41) is 5.91. The van der Waals surface area contributed by atoms with Crippen LogP contribution in [0, 0.1) is 6.92 Å². The highest BCUT2D eigenvalue weighted by molar-refractivity contribution is 6.00. The van der Waals surface area contributed by atoms with Crippen LogP contribution < -0.4 is 9.64 Å². The molecule has 4 nitrogen and oxygen atoms in total. The molecule has 0 saturated heterocycles. The summed E-state index contributed by atoms with van der Waals surface area (Å²) in [6.07, 6.45) is 0. The molecule has 0 amide bonds. The molecule has 0 saturated carbocycles. The number of rotatable bonds is 3. The Labute approximate surface area is 143 Å². The molecule has 0 radical (unpaired) electrons. The molecule has 3 aromatic rings. The number of hydrogen-bond donors (Lipinski definition) is 0. The number of nitrogens with zero attached hydrogens (tertiary/aromatic N) is 3. The van der Waals surface area contributed by atoms with Gasteiger partial charge in [0.15, 0.2) is 0 Å². The fraction of sp³-hybridized carbons (Fsp3) is 0.278. The van der Waals surface area contributed by atoms with E-state index in [1.165, 1.54) is 16.5 Å². The predicted molar refractivity (Wildman–Crippen MR) is 99.0 cm³/mol. The molecule has 3 rings (SSSR count). The molecule has 0 N–H and O–H groups in total. The van der Waals surface area contributed by atoms with Gasteiger partial charge in [-0.3, -0.25) is 4.68 Å². The van der Waals surface area contributed by atoms with Crippen LogP contribution in [0.4, 0.5) is 5.82 Å². The summed E-state index contributed by atoms with van der Waals surface area (Å²) in [7, 11) is 7.76. The lowest BCUT2D eigenvalue weighted by Gasteiger charge is -2.12. The monoisotopic (exact) mass is 331 g/mol. The molecule has 0 fully saturated rings. The van der Waals surface area contributed by atoms with Crippen molar-refractivity contribution >= 4 is 29.1 Å². The van der Waals surface area contributed by atoms with Crippen molar-refractivity contribution < 1.29 is 4.74 Å². The van der Waals surface area contributed by atoms with E-state index in [0.717, 1.165) is 22.6 Å². The van der Waals surface area contributed by atoms with E-state index in [-0.39, 0.29) is 12.4 Å². The Bertz CT molecular complexity index is 840. The normalized spacial score (nSPS) is 10.5. The topological polar surface area (TPSA) is 30.3 Å². The van der Waals surface area contributed by atoms with E-state index in [2.05, 4.69) is 42.2 Å². The first-order chi connectivity index (χ1) is 10.5. The molecule has 5 heteroatoms. The highest BCUT2D eigenvalue weighted by Crippen LogP contribution is 2.35. The Balaban J connectivity index is 0.00000192. The van der Waals surface area contributed by atoms with E-state index in [1.54, 1.807) is 7.11 Å². The van der Waals surface area contributed by atoms with Gasteiger partial charge in [-0.25, -0.2) is 0 Å². The van der Waals surface area contributed by atoms with E-state index in [9.17, 15) is 0 Å². The van der Waals surface area contributed by atoms with Crippen LogP contribution in [0.2, 0.25) is 0 Å². The van der Waals surface area contributed by atoms with Gasteiger partial charge in [0, 0.05) is 32.1 Å². The van der Waals surface area contributed by atoms with Crippen LogP contribution in [-0.2, 0) is 7.05 Å². The highest BCUT2D eigenvalue weighted by atomic mass is 35.5. The van der Waals surface area contributed by atoms with Gasteiger partial charge in [-0.1, -0.05) is 18.2 Å². The third kappa shape index (κ3) is 2.86. The molecule has 0 unspecified atom stereocenters. The second-order valence-corrected chi connectivity index (χ2v) is 5.72. The maximum atomic E-state index is 5.30. The number of ether oxygens (including phenoxy) is 1. The van der Waals surface area contributed by atoms with Gasteiger partial charge in [0.05, 0.1) is 7.11 Å². The van der Waals surface area contributed by atoms with Crippen LogP contribution in [0.3, 0.4) is 0 Å². The Morgan fingerprint density at radius 3 is 2.43 bits per heavy atom. The number of methoxy groups -OCH3 is 1. The first-order valence-corrected chi connectivity index (χ1v) is 7.31. The number of halogens is 1. The second kappa shape index (κ2) is 6.50. The van der Waals surface area contributed by atoms with Crippen LogP contribution in [-0.4, -0.2) is 31.0 Å². The van der Waals surface area contributed by atoms with E-state index < -0.39 is 0 Å². The molecule has 23 heavy (non-hydrogen) atoms. The van der Waals surface area contributed by atoms with Gasteiger partial charge < -0.3 is 9.64 Å². The third-order valence-electron chi connectivity index (χ3n) is 3.98. The van der Waals surface area contributed by atoms with Gasteiger partial charge in [-0.15, -0.1) is 12.4 Å². The van der Waals surface area contributed by atoms with Crippen molar-refractivity contribution in [2.75, 3.05) is 26.1 Å². The molecule has 0 aliphatic rings. The van der Waals surface area contributed by atoms with Gasteiger partial charge in [-0.2, -0.15) is 5.10 Å². The smallest absolute Gasteiger partial charge is 0.134 e. The molecule has 122 valence electrons. The van der Waals surface area contributed by atoms with Crippen molar-refractivity contribution in [1.29, 1.82) is 0 Å². The molecule has 1 aromatic heterocycles. The molecule has 0 spiro atoms. The van der Waals surface area contributed by atoms with Gasteiger partial charge in [0.1, 0.15) is 17.1 Å². The van der Waals surface area contributed by atoms with Gasteiger partial charge in [-0.05, 0) is 36.2 Å². The number of benzene rings is 2. The zero-order valence-electron chi connectivity index (χ0n) is 14.1. The van der Waals surface area contributed by atoms with Gasteiger partial charge in [0.2, 0.25) is 0 Å². The summed E-state index contributed by atoms with van der Waals surface area (Å²) in [5.41, 5.74) is 4.56. The molecule has 0 bridgehead atoms. The molecular weight excluding hydrogens is 310 g/mol. The lowest BCUT2D eigenvalue weighted by Crippen LogP contribution is -2.13. The summed E-state index contributed by atoms with van der Waals surface area (Å²) in [5.74, 6) is 1.99. The predicted octanol–water partition coefficient (Wildman–Crippen LogP) is 4.05. The van der Waals surface area contributed by atoms with Crippen LogP contribution in [0.25, 0.3) is 22.0 Å². The molecule has 0 aliphatic carbocycles. The number of aryl methyl sites for hydroxylation is 2. The zero-order valence-corrected chi connectivity index (χ0v) is 14.9. The number of fused-ring (bicyclic) bond motifs is 1. The summed E-state index contributed by atoms with van der Waals surface area (Å²) in [6.45, 7) is 2.10. The SMILES string of the molecule is COc1ccc(-c2cccc3c(N(C)C)n(C)nc23)c(C)c1.Cl. The first-order valence-electron chi connectivity index (χ1n) is 7.31. The highest BCUT2D eigenvalue weighted by Gasteiger charge is 2.15. The minimum absolute atomic E-state index is 0. The molecule has 0 atom stereocenters. The summed E-state index contributed by atoms with van der Waals surface area (Å²) in [6, 6.07) is 12.5. The summed E-state index contributed by atoms with van der Waals surface area (Å²) in [4.78, 5) is 2.10. The summed E-state index contributed by atoms with van der Waals surface area (Å²) >= 11 is 0. The second-order valence-electron chi connectivity index (χ2n) is 5.72. The zero-order chi connectivity index (χ0) is 15.9. The Morgan fingerprint density at radius 2 is 1.83 bits per heavy atom. The number of hydrogen-bond acceptors (Lipinski definition) is 3. The average Bonchev–Trinajstić information content (AvgIpc) is 2.83. The maximum Gasteiger partial charge on any atom is 0.134 e. The Hall–Kier alpha value is -2.20. The minimum Gasteiger partial charge on any atom is -0.497 e. The largest absolute Gasteiger partial charge is 0.497 e. The van der Waals surface area contributed by atoms with Gasteiger partial charge >= 0.3 is 0 Å². The van der Waals surface area contributed by atoms with Crippen LogP contribution in [0.5, 0.6) is 5.75 Å². The quantitative estimate of drug-likeness (QED) is 0.725. The average molecular weight is 332 g/mol. The molecule has 0 aliphatic heterocycles. The van der Waals surface area contributed by atoms with Crippen LogP contribution in [0.1, 0.15) is 5.56 Å². The standard InChI is InChI=1S/C18H21N3O.ClH/c1-12-11-13(22-5)9-10-14(12)15-7-6-8-16-17(15)19-21(4)18(16)20(2)3;/h6-11H,1-5H3;1H. The van der Waals surface area contributed by atoms with Crippen molar-refractivity contribution in [3.05, 3.63) is 42.0 Å². The van der Waals surface area contributed by atoms with Crippen LogP contribution in [0.15, 0.2) is 36.4 Å². The van der Waals surface area contributed by atoms with E-state index in [1.807, 2.05) is 31.9 Å². The number of aromatic nitrogens is 2. The molecular formula is C18H22ClN3O. The van der Waals surface area contributed by atoms with Crippen molar-refractivity contribution in [1.82, 2.24) is 9.78 Å². The first kappa shape index (κ1) is 17.2. The van der Waals surface area contributed by atoms with Crippen molar-refractivity contribution in [2.24, 2.45) is 7.05 Å². The molecule has 2 aromatic carbocycles. The Kier molecular flexibility index (Phi) is 4.85. The van der Waals surface area contributed by atoms with Crippen LogP contribution >= 0.6 is 12.4 Å². The summed E-state index contributed by atoms with van der Waals surface area (Å²) < 4.78 is 7.24. The van der Waals surface area contributed by atoms with Crippen molar-refractivity contribution in [3.63, 3.8) is 0 Å². The van der Waals surface area contributed by atoms with E-state index in [0.29, 0.717) is 0 Å². The third-order valence-corrected chi connectivity index (χ3v) is 3.98. The lowest BCUT2D eigenvalue weighted by atomic mass is 9.98. The Morgan fingerprint density at radius 1 is 1.09 bits per heavy atom.